The van der Waals surface area contributed by atoms with Crippen molar-refractivity contribution < 1.29 is 37.7 Å². The highest BCUT2D eigenvalue weighted by molar-refractivity contribution is 6.30. The topological polar surface area (TPSA) is 216 Å². The standard InChI is InChI=1S/C20H22ClN3O4.C10H9NO4.C7H5NO3/c21-14-1-3-15(4-2-14)24-9-7-23(8-10-24)12-16(25)13-27-17-5-6-18-19(11-17)28-20(26)22-18;12-10-11-8-2-1-6(3-9(8)15-10)13-4-7-5-14-7;9-4-1-2-5-6(3-4)11-7(10)8-5/h1-6,11,16,25H,7-10,12-13H2,(H,22,26);1-3,7H,4-5H2,(H,11,12);1-3,9H,(H,8,10). The Morgan fingerprint density at radius 1 is 0.722 bits per heavy atom. The summed E-state index contributed by atoms with van der Waals surface area (Å²) in [7, 11) is 0. The van der Waals surface area contributed by atoms with E-state index in [1.54, 1.807) is 42.5 Å². The molecule has 0 aliphatic carbocycles. The van der Waals surface area contributed by atoms with Gasteiger partial charge >= 0.3 is 17.3 Å². The fourth-order valence-electron chi connectivity index (χ4n) is 5.70. The molecule has 2 aliphatic heterocycles. The van der Waals surface area contributed by atoms with Gasteiger partial charge in [0.1, 0.15) is 42.7 Å². The highest BCUT2D eigenvalue weighted by Gasteiger charge is 2.23. The second-order valence-electron chi connectivity index (χ2n) is 12.5. The minimum Gasteiger partial charge on any atom is -0.508 e. The van der Waals surface area contributed by atoms with Gasteiger partial charge in [-0.1, -0.05) is 11.6 Å². The van der Waals surface area contributed by atoms with Gasteiger partial charge in [-0.15, -0.1) is 0 Å². The number of epoxide rings is 1. The van der Waals surface area contributed by atoms with E-state index in [0.717, 1.165) is 37.8 Å². The maximum Gasteiger partial charge on any atom is 0.417 e. The summed E-state index contributed by atoms with van der Waals surface area (Å²) < 4.78 is 30.7. The van der Waals surface area contributed by atoms with Gasteiger partial charge in [0.25, 0.3) is 0 Å². The second-order valence-corrected chi connectivity index (χ2v) is 13.0. The van der Waals surface area contributed by atoms with Crippen LogP contribution in [-0.4, -0.2) is 94.8 Å². The molecule has 282 valence electrons. The number of nitrogens with zero attached hydrogens (tertiary/aromatic N) is 2. The van der Waals surface area contributed by atoms with Crippen LogP contribution in [0.5, 0.6) is 17.2 Å². The first-order chi connectivity index (χ1) is 26.1. The van der Waals surface area contributed by atoms with Crippen LogP contribution in [0.3, 0.4) is 0 Å². The number of rotatable bonds is 9. The van der Waals surface area contributed by atoms with Gasteiger partial charge in [-0.3, -0.25) is 19.9 Å². The van der Waals surface area contributed by atoms with Crippen molar-refractivity contribution in [3.05, 3.63) is 116 Å². The summed E-state index contributed by atoms with van der Waals surface area (Å²) in [5.41, 5.74) is 4.37. The molecule has 9 rings (SSSR count). The van der Waals surface area contributed by atoms with Crippen molar-refractivity contribution in [1.29, 1.82) is 0 Å². The molecule has 7 aromatic rings. The Bertz CT molecular complexity index is 2490. The van der Waals surface area contributed by atoms with Crippen LogP contribution in [0.25, 0.3) is 33.3 Å². The molecule has 17 heteroatoms. The van der Waals surface area contributed by atoms with Gasteiger partial charge < -0.3 is 42.6 Å². The molecule has 0 radical (unpaired) electrons. The Morgan fingerprint density at radius 2 is 1.24 bits per heavy atom. The van der Waals surface area contributed by atoms with Gasteiger partial charge in [0.15, 0.2) is 16.7 Å². The number of aliphatic hydroxyl groups excluding tert-OH is 1. The molecule has 0 saturated carbocycles. The Hall–Kier alpha value is -5.94. The molecule has 2 fully saturated rings. The maximum absolute atomic E-state index is 11.2. The van der Waals surface area contributed by atoms with Gasteiger partial charge in [-0.25, -0.2) is 14.4 Å². The molecule has 54 heavy (non-hydrogen) atoms. The molecule has 5 heterocycles. The van der Waals surface area contributed by atoms with Crippen LogP contribution < -0.4 is 31.6 Å². The summed E-state index contributed by atoms with van der Waals surface area (Å²) in [5.74, 6) is -0.133. The molecule has 2 atom stereocenters. The summed E-state index contributed by atoms with van der Waals surface area (Å²) in [5, 5.41) is 20.0. The highest BCUT2D eigenvalue weighted by atomic mass is 35.5. The molecule has 2 unspecified atom stereocenters. The number of aliphatic hydroxyl groups is 1. The Morgan fingerprint density at radius 3 is 1.80 bits per heavy atom. The van der Waals surface area contributed by atoms with Crippen LogP contribution in [0, 0.1) is 0 Å². The van der Waals surface area contributed by atoms with Gasteiger partial charge in [-0.2, -0.15) is 0 Å². The SMILES string of the molecule is O=c1[nH]c2ccc(O)cc2o1.O=c1[nH]c2ccc(OCC(O)CN3CCN(c4ccc(Cl)cc4)CC3)cc2o1.O=c1[nH]c2ccc(OCC3CO3)cc2o1. The number of aromatic hydroxyl groups is 1. The predicted octanol–water partition coefficient (Wildman–Crippen LogP) is 4.06. The number of oxazole rings is 3. The summed E-state index contributed by atoms with van der Waals surface area (Å²) >= 11 is 5.95. The second kappa shape index (κ2) is 16.4. The zero-order valence-corrected chi connectivity index (χ0v) is 29.4. The number of H-pyrrole nitrogens is 3. The van der Waals surface area contributed by atoms with Crippen molar-refractivity contribution in [3.8, 4) is 17.2 Å². The molecule has 5 N–H and O–H groups in total. The molecule has 16 nitrogen and oxygen atoms in total. The van der Waals surface area contributed by atoms with E-state index in [-0.39, 0.29) is 18.5 Å². The number of hydrogen-bond donors (Lipinski definition) is 5. The number of hydrogen-bond acceptors (Lipinski definition) is 13. The number of piperazine rings is 1. The quantitative estimate of drug-likeness (QED) is 0.131. The molecule has 2 saturated heterocycles. The largest absolute Gasteiger partial charge is 0.508 e. The van der Waals surface area contributed by atoms with Crippen LogP contribution >= 0.6 is 11.6 Å². The zero-order chi connectivity index (χ0) is 37.6. The lowest BCUT2D eigenvalue weighted by Crippen LogP contribution is -2.49. The monoisotopic (exact) mass is 761 g/mol. The third-order valence-corrected chi connectivity index (χ3v) is 8.76. The highest BCUT2D eigenvalue weighted by Crippen LogP contribution is 2.22. The Labute approximate surface area is 310 Å². The van der Waals surface area contributed by atoms with E-state index in [2.05, 4.69) is 29.2 Å². The van der Waals surface area contributed by atoms with E-state index in [0.29, 0.717) is 57.9 Å². The van der Waals surface area contributed by atoms with Gasteiger partial charge in [-0.05, 0) is 60.7 Å². The summed E-state index contributed by atoms with van der Waals surface area (Å²) in [4.78, 5) is 44.8. The van der Waals surface area contributed by atoms with Crippen molar-refractivity contribution in [1.82, 2.24) is 19.9 Å². The van der Waals surface area contributed by atoms with E-state index >= 15 is 0 Å². The van der Waals surface area contributed by atoms with Gasteiger partial charge in [0.05, 0.1) is 23.2 Å². The number of halogens is 1. The lowest BCUT2D eigenvalue weighted by molar-refractivity contribution is 0.0663. The number of ether oxygens (including phenoxy) is 3. The average molecular weight is 762 g/mol. The number of benzene rings is 4. The van der Waals surface area contributed by atoms with E-state index in [1.165, 1.54) is 17.8 Å². The normalized spacial score (nSPS) is 16.0. The number of aromatic nitrogens is 3. The van der Waals surface area contributed by atoms with Crippen molar-refractivity contribution in [2.24, 2.45) is 0 Å². The number of phenols is 1. The average Bonchev–Trinajstić information content (AvgIpc) is 3.64. The number of β-amino-alcohol motifs (C(OH)–C–C–N with tert-alkyl or cyclic N) is 1. The van der Waals surface area contributed by atoms with Crippen molar-refractivity contribution in [2.45, 2.75) is 12.2 Å². The van der Waals surface area contributed by atoms with Crippen molar-refractivity contribution in [2.75, 3.05) is 57.4 Å². The van der Waals surface area contributed by atoms with E-state index < -0.39 is 23.4 Å². The minimum absolute atomic E-state index is 0.0836. The number of aromatic amines is 3. The Balaban J connectivity index is 0.000000143. The van der Waals surface area contributed by atoms with Crippen LogP contribution in [-0.2, 0) is 4.74 Å². The van der Waals surface area contributed by atoms with Crippen molar-refractivity contribution in [3.63, 3.8) is 0 Å². The first-order valence-electron chi connectivity index (χ1n) is 17.0. The third-order valence-electron chi connectivity index (χ3n) is 8.50. The van der Waals surface area contributed by atoms with E-state index in [9.17, 15) is 19.5 Å². The number of anilines is 1. The van der Waals surface area contributed by atoms with E-state index in [4.69, 9.17) is 39.8 Å². The Kier molecular flexibility index (Phi) is 11.1. The molecular weight excluding hydrogens is 726 g/mol. The fourth-order valence-corrected chi connectivity index (χ4v) is 5.83. The van der Waals surface area contributed by atoms with Gasteiger partial charge in [0.2, 0.25) is 0 Å². The number of fused-ring (bicyclic) bond motifs is 3. The number of phenolic OH excluding ortho intramolecular Hbond substituents is 1. The first-order valence-corrected chi connectivity index (χ1v) is 17.4. The lowest BCUT2D eigenvalue weighted by Gasteiger charge is -2.36. The van der Waals surface area contributed by atoms with Crippen LogP contribution in [0.15, 0.2) is 106 Å². The fraction of sp³-hybridized carbons (Fsp3) is 0.270. The minimum atomic E-state index is -0.601. The molecule has 0 spiro atoms. The van der Waals surface area contributed by atoms with Gasteiger partial charge in [0, 0.05) is 61.6 Å². The summed E-state index contributed by atoms with van der Waals surface area (Å²) in [6, 6.07) is 22.6. The molecule has 2 aliphatic rings. The predicted molar refractivity (Wildman–Crippen MR) is 199 cm³/mol. The first kappa shape index (κ1) is 36.4. The summed E-state index contributed by atoms with van der Waals surface area (Å²) in [6.07, 6.45) is -0.380. The molecule has 0 amide bonds. The summed E-state index contributed by atoms with van der Waals surface area (Å²) in [6.45, 7) is 5.59. The molecular formula is C37H36ClN5O11. The molecule has 4 aromatic carbocycles. The zero-order valence-electron chi connectivity index (χ0n) is 28.7. The van der Waals surface area contributed by atoms with Crippen LogP contribution in [0.2, 0.25) is 5.02 Å². The lowest BCUT2D eigenvalue weighted by atomic mass is 10.2. The van der Waals surface area contributed by atoms with Crippen LogP contribution in [0.1, 0.15) is 0 Å². The van der Waals surface area contributed by atoms with E-state index in [1.807, 2.05) is 24.3 Å². The molecule has 3 aromatic heterocycles. The maximum atomic E-state index is 11.2. The third kappa shape index (κ3) is 9.73. The molecule has 0 bridgehead atoms. The van der Waals surface area contributed by atoms with Crippen molar-refractivity contribution >= 4 is 50.6 Å². The van der Waals surface area contributed by atoms with Crippen LogP contribution in [0.4, 0.5) is 5.69 Å². The smallest absolute Gasteiger partial charge is 0.417 e. The number of nitrogens with one attached hydrogen (secondary N) is 3.